The van der Waals surface area contributed by atoms with Crippen LogP contribution in [0.25, 0.3) is 5.69 Å². The van der Waals surface area contributed by atoms with Crippen molar-refractivity contribution in [2.24, 2.45) is 0 Å². The van der Waals surface area contributed by atoms with Gasteiger partial charge in [-0.1, -0.05) is 6.92 Å². The number of aromatic nitrogens is 2. The number of hydrogen-bond acceptors (Lipinski definition) is 4. The summed E-state index contributed by atoms with van der Waals surface area (Å²) in [4.78, 5) is 24.2. The molecule has 0 saturated carbocycles. The summed E-state index contributed by atoms with van der Waals surface area (Å²) in [6.45, 7) is 2.41. The van der Waals surface area contributed by atoms with E-state index in [2.05, 4.69) is 10.4 Å². The molecule has 0 bridgehead atoms. The quantitative estimate of drug-likeness (QED) is 0.909. The van der Waals surface area contributed by atoms with Crippen molar-refractivity contribution in [1.82, 2.24) is 15.1 Å². The number of hydrogen-bond donors (Lipinski definition) is 1. The topological polar surface area (TPSA) is 73.2 Å². The van der Waals surface area contributed by atoms with Crippen LogP contribution < -0.4 is 15.6 Å². The van der Waals surface area contributed by atoms with Crippen molar-refractivity contribution in [2.45, 2.75) is 13.3 Å². The summed E-state index contributed by atoms with van der Waals surface area (Å²) in [5.74, 6) is -0.766. The maximum Gasteiger partial charge on any atom is 0.275 e. The molecule has 7 heteroatoms. The van der Waals surface area contributed by atoms with Gasteiger partial charge in [-0.2, -0.15) is 9.78 Å². The van der Waals surface area contributed by atoms with E-state index >= 15 is 0 Å². The highest BCUT2D eigenvalue weighted by Crippen LogP contribution is 2.14. The van der Waals surface area contributed by atoms with Gasteiger partial charge >= 0.3 is 0 Å². The van der Waals surface area contributed by atoms with E-state index in [1.165, 1.54) is 37.4 Å². The number of methoxy groups -OCH3 is 1. The molecule has 0 saturated heterocycles. The molecule has 2 aromatic rings. The highest BCUT2D eigenvalue weighted by Gasteiger charge is 2.17. The van der Waals surface area contributed by atoms with Gasteiger partial charge in [0, 0.05) is 6.54 Å². The van der Waals surface area contributed by atoms with Crippen LogP contribution in [-0.4, -0.2) is 29.3 Å². The van der Waals surface area contributed by atoms with Gasteiger partial charge in [0.2, 0.25) is 0 Å². The van der Waals surface area contributed by atoms with Crippen LogP contribution in [0.5, 0.6) is 5.75 Å². The van der Waals surface area contributed by atoms with E-state index in [1.807, 2.05) is 6.92 Å². The van der Waals surface area contributed by atoms with Crippen molar-refractivity contribution in [1.29, 1.82) is 0 Å². The molecule has 0 fully saturated rings. The molecule has 0 aliphatic rings. The molecule has 2 rings (SSSR count). The van der Waals surface area contributed by atoms with Crippen LogP contribution in [0.1, 0.15) is 23.8 Å². The Morgan fingerprint density at radius 2 is 2.05 bits per heavy atom. The van der Waals surface area contributed by atoms with Gasteiger partial charge in [-0.15, -0.1) is 0 Å². The largest absolute Gasteiger partial charge is 0.494 e. The van der Waals surface area contributed by atoms with Gasteiger partial charge in [0.1, 0.15) is 5.82 Å². The van der Waals surface area contributed by atoms with Crippen molar-refractivity contribution in [3.05, 3.63) is 52.2 Å². The second-order valence-corrected chi connectivity index (χ2v) is 4.54. The summed E-state index contributed by atoms with van der Waals surface area (Å²) >= 11 is 0. The lowest BCUT2D eigenvalue weighted by Crippen LogP contribution is -2.30. The summed E-state index contributed by atoms with van der Waals surface area (Å²) < 4.78 is 19.0. The lowest BCUT2D eigenvalue weighted by molar-refractivity contribution is 0.0943. The van der Waals surface area contributed by atoms with Crippen molar-refractivity contribution < 1.29 is 13.9 Å². The molecule has 0 aliphatic heterocycles. The number of benzene rings is 1. The second-order valence-electron chi connectivity index (χ2n) is 4.54. The first-order valence-corrected chi connectivity index (χ1v) is 6.79. The van der Waals surface area contributed by atoms with E-state index in [-0.39, 0.29) is 11.4 Å². The first kappa shape index (κ1) is 15.7. The standard InChI is InChI=1S/C15H16FN3O3/c1-3-8-17-15(21)14-12(22-2)9-13(20)19(18-14)11-6-4-10(16)5-7-11/h4-7,9H,3,8H2,1-2H3,(H,17,21). The van der Waals surface area contributed by atoms with E-state index in [4.69, 9.17) is 4.74 Å². The number of carbonyl (C=O) groups excluding carboxylic acids is 1. The molecule has 22 heavy (non-hydrogen) atoms. The summed E-state index contributed by atoms with van der Waals surface area (Å²) in [6, 6.07) is 6.42. The maximum atomic E-state index is 13.0. The third-order valence-electron chi connectivity index (χ3n) is 2.94. The first-order chi connectivity index (χ1) is 10.6. The maximum absolute atomic E-state index is 13.0. The zero-order chi connectivity index (χ0) is 16.1. The lowest BCUT2D eigenvalue weighted by atomic mass is 10.3. The predicted molar refractivity (Wildman–Crippen MR) is 79.0 cm³/mol. The van der Waals surface area contributed by atoms with Gasteiger partial charge in [-0.05, 0) is 30.7 Å². The molecule has 0 atom stereocenters. The minimum atomic E-state index is -0.476. The van der Waals surface area contributed by atoms with Crippen LogP contribution in [0.3, 0.4) is 0 Å². The van der Waals surface area contributed by atoms with Crippen LogP contribution >= 0.6 is 0 Å². The molecule has 1 aromatic carbocycles. The van der Waals surface area contributed by atoms with Gasteiger partial charge in [0.25, 0.3) is 11.5 Å². The Morgan fingerprint density at radius 1 is 1.36 bits per heavy atom. The summed E-state index contributed by atoms with van der Waals surface area (Å²) in [5, 5.41) is 6.71. The Balaban J connectivity index is 2.49. The molecule has 0 radical (unpaired) electrons. The minimum Gasteiger partial charge on any atom is -0.494 e. The summed E-state index contributed by atoms with van der Waals surface area (Å²) in [5.41, 5.74) is -0.117. The van der Waals surface area contributed by atoms with Crippen molar-refractivity contribution in [2.75, 3.05) is 13.7 Å². The minimum absolute atomic E-state index is 0.000116. The number of halogens is 1. The van der Waals surface area contributed by atoms with Gasteiger partial charge in [-0.3, -0.25) is 9.59 Å². The van der Waals surface area contributed by atoms with E-state index in [0.717, 1.165) is 11.1 Å². The molecule has 0 spiro atoms. The normalized spacial score (nSPS) is 10.3. The van der Waals surface area contributed by atoms with Gasteiger partial charge in [-0.25, -0.2) is 4.39 Å². The highest BCUT2D eigenvalue weighted by atomic mass is 19.1. The number of carbonyl (C=O) groups is 1. The van der Waals surface area contributed by atoms with Gasteiger partial charge in [0.05, 0.1) is 18.9 Å². The van der Waals surface area contributed by atoms with Gasteiger partial charge < -0.3 is 10.1 Å². The van der Waals surface area contributed by atoms with E-state index in [1.54, 1.807) is 0 Å². The summed E-state index contributed by atoms with van der Waals surface area (Å²) in [6.07, 6.45) is 0.770. The van der Waals surface area contributed by atoms with Crippen LogP contribution in [-0.2, 0) is 0 Å². The number of amides is 1. The highest BCUT2D eigenvalue weighted by molar-refractivity contribution is 5.94. The molecule has 0 aliphatic carbocycles. The van der Waals surface area contributed by atoms with E-state index < -0.39 is 17.3 Å². The average Bonchev–Trinajstić information content (AvgIpc) is 2.53. The smallest absolute Gasteiger partial charge is 0.275 e. The SMILES string of the molecule is CCCNC(=O)c1nn(-c2ccc(F)cc2)c(=O)cc1OC. The van der Waals surface area contributed by atoms with Crippen molar-refractivity contribution in [3.8, 4) is 11.4 Å². The van der Waals surface area contributed by atoms with Crippen LogP contribution in [0, 0.1) is 5.82 Å². The Morgan fingerprint density at radius 3 is 2.64 bits per heavy atom. The fourth-order valence-corrected chi connectivity index (χ4v) is 1.84. The lowest BCUT2D eigenvalue weighted by Gasteiger charge is -2.11. The molecule has 6 nitrogen and oxygen atoms in total. The second kappa shape index (κ2) is 6.84. The molecule has 1 N–H and O–H groups in total. The van der Waals surface area contributed by atoms with Crippen LogP contribution in [0.4, 0.5) is 4.39 Å². The third kappa shape index (κ3) is 3.30. The number of ether oxygens (including phenoxy) is 1. The zero-order valence-electron chi connectivity index (χ0n) is 12.3. The molecule has 0 unspecified atom stereocenters. The molecule has 1 amide bonds. The molecule has 1 heterocycles. The Kier molecular flexibility index (Phi) is 4.88. The zero-order valence-corrected chi connectivity index (χ0v) is 12.3. The fraction of sp³-hybridized carbons (Fsp3) is 0.267. The number of rotatable bonds is 5. The van der Waals surface area contributed by atoms with Crippen molar-refractivity contribution in [3.63, 3.8) is 0 Å². The molecule has 116 valence electrons. The van der Waals surface area contributed by atoms with Crippen LogP contribution in [0.2, 0.25) is 0 Å². The number of nitrogens with zero attached hydrogens (tertiary/aromatic N) is 2. The average molecular weight is 305 g/mol. The third-order valence-corrected chi connectivity index (χ3v) is 2.94. The molecular weight excluding hydrogens is 289 g/mol. The Bertz CT molecular complexity index is 726. The molecular formula is C15H16FN3O3. The monoisotopic (exact) mass is 305 g/mol. The summed E-state index contributed by atoms with van der Waals surface area (Å²) in [7, 11) is 1.36. The molecule has 1 aromatic heterocycles. The Labute approximate surface area is 126 Å². The Hall–Kier alpha value is -2.70. The van der Waals surface area contributed by atoms with Crippen molar-refractivity contribution >= 4 is 5.91 Å². The van der Waals surface area contributed by atoms with Crippen LogP contribution in [0.15, 0.2) is 35.1 Å². The first-order valence-electron chi connectivity index (χ1n) is 6.79. The van der Waals surface area contributed by atoms with E-state index in [0.29, 0.717) is 12.2 Å². The number of nitrogens with one attached hydrogen (secondary N) is 1. The fourth-order valence-electron chi connectivity index (χ4n) is 1.84. The van der Waals surface area contributed by atoms with E-state index in [9.17, 15) is 14.0 Å². The van der Waals surface area contributed by atoms with Gasteiger partial charge in [0.15, 0.2) is 11.4 Å². The predicted octanol–water partition coefficient (Wildman–Crippen LogP) is 1.52.